The van der Waals surface area contributed by atoms with Gasteiger partial charge in [0.05, 0.1) is 18.4 Å². The highest BCUT2D eigenvalue weighted by molar-refractivity contribution is 6.07. The molecule has 0 aliphatic rings. The highest BCUT2D eigenvalue weighted by atomic mass is 19.4. The van der Waals surface area contributed by atoms with Crippen LogP contribution in [0, 0.1) is 18.3 Å². The summed E-state index contributed by atoms with van der Waals surface area (Å²) in [6.07, 6.45) is -3.44. The molecule has 0 atom stereocenters. The molecule has 0 aliphatic carbocycles. The summed E-state index contributed by atoms with van der Waals surface area (Å²) in [5.41, 5.74) is 0.196. The quantitative estimate of drug-likeness (QED) is 0.597. The fourth-order valence-electron chi connectivity index (χ4n) is 2.20. The van der Waals surface area contributed by atoms with Crippen LogP contribution in [0.5, 0.6) is 5.75 Å². The third kappa shape index (κ3) is 5.25. The molecule has 1 amide bonds. The lowest BCUT2D eigenvalue weighted by atomic mass is 10.2. The summed E-state index contributed by atoms with van der Waals surface area (Å²) in [5, 5.41) is 14.3. The van der Waals surface area contributed by atoms with Gasteiger partial charge >= 0.3 is 6.18 Å². The first-order chi connectivity index (χ1) is 12.7. The van der Waals surface area contributed by atoms with Gasteiger partial charge in [0, 0.05) is 11.9 Å². The third-order valence-electron chi connectivity index (χ3n) is 3.54. The maximum atomic E-state index is 12.7. The summed E-state index contributed by atoms with van der Waals surface area (Å²) in [6, 6.07) is 11.3. The maximum Gasteiger partial charge on any atom is 0.416 e. The van der Waals surface area contributed by atoms with Gasteiger partial charge in [-0.25, -0.2) is 0 Å². The number of nitriles is 1. The van der Waals surface area contributed by atoms with Crippen molar-refractivity contribution in [2.75, 3.05) is 17.7 Å². The van der Waals surface area contributed by atoms with E-state index < -0.39 is 17.6 Å². The summed E-state index contributed by atoms with van der Waals surface area (Å²) < 4.78 is 43.4. The maximum absolute atomic E-state index is 12.7. The van der Waals surface area contributed by atoms with Gasteiger partial charge in [0.25, 0.3) is 5.91 Å². The minimum absolute atomic E-state index is 0.0958. The number of carbonyl (C=O) groups is 1. The molecule has 5 nitrogen and oxygen atoms in total. The number of rotatable bonds is 5. The zero-order valence-corrected chi connectivity index (χ0v) is 14.5. The molecule has 0 heterocycles. The number of alkyl halides is 3. The fourth-order valence-corrected chi connectivity index (χ4v) is 2.20. The van der Waals surface area contributed by atoms with Crippen LogP contribution in [0.2, 0.25) is 0 Å². The number of nitrogens with zero attached hydrogens (tertiary/aromatic N) is 1. The molecule has 0 aliphatic heterocycles. The molecule has 2 aromatic carbocycles. The van der Waals surface area contributed by atoms with Gasteiger partial charge in [-0.1, -0.05) is 12.1 Å². The van der Waals surface area contributed by atoms with E-state index in [9.17, 15) is 23.2 Å². The summed E-state index contributed by atoms with van der Waals surface area (Å²) in [5.74, 6) is -0.307. The van der Waals surface area contributed by atoms with E-state index in [2.05, 4.69) is 10.6 Å². The number of aryl methyl sites for hydroxylation is 1. The summed E-state index contributed by atoms with van der Waals surface area (Å²) in [6.45, 7) is 1.82. The molecule has 2 aromatic rings. The Morgan fingerprint density at radius 1 is 1.22 bits per heavy atom. The van der Waals surface area contributed by atoms with Crippen LogP contribution < -0.4 is 15.4 Å². The predicted octanol–water partition coefficient (Wildman–Crippen LogP) is 4.48. The minimum Gasteiger partial charge on any atom is -0.495 e. The Labute approximate surface area is 154 Å². The van der Waals surface area contributed by atoms with E-state index in [1.54, 1.807) is 24.3 Å². The average Bonchev–Trinajstić information content (AvgIpc) is 2.62. The SMILES string of the molecule is COc1ccc(C)cc1NC(=O)/C(C#N)=C\Nc1cccc(C(F)(F)F)c1. The van der Waals surface area contributed by atoms with Crippen LogP contribution in [-0.2, 0) is 11.0 Å². The number of amides is 1. The second kappa shape index (κ2) is 8.27. The lowest BCUT2D eigenvalue weighted by Gasteiger charge is -2.11. The van der Waals surface area contributed by atoms with Gasteiger partial charge in [0.2, 0.25) is 0 Å². The second-order valence-electron chi connectivity index (χ2n) is 5.55. The molecule has 140 valence electrons. The van der Waals surface area contributed by atoms with Crippen molar-refractivity contribution in [3.8, 4) is 11.8 Å². The number of anilines is 2. The molecule has 2 rings (SSSR count). The van der Waals surface area contributed by atoms with E-state index in [1.807, 2.05) is 6.92 Å². The van der Waals surface area contributed by atoms with Crippen molar-refractivity contribution in [1.82, 2.24) is 0 Å². The number of hydrogen-bond donors (Lipinski definition) is 2. The first kappa shape index (κ1) is 19.8. The molecule has 0 saturated carbocycles. The molecule has 0 bridgehead atoms. The molecular weight excluding hydrogens is 359 g/mol. The average molecular weight is 375 g/mol. The molecule has 0 unspecified atom stereocenters. The molecule has 0 spiro atoms. The first-order valence-electron chi connectivity index (χ1n) is 7.74. The van der Waals surface area contributed by atoms with Gasteiger partial charge in [0.1, 0.15) is 17.4 Å². The van der Waals surface area contributed by atoms with Crippen LogP contribution in [-0.4, -0.2) is 13.0 Å². The van der Waals surface area contributed by atoms with Crippen LogP contribution >= 0.6 is 0 Å². The monoisotopic (exact) mass is 375 g/mol. The zero-order chi connectivity index (χ0) is 20.0. The van der Waals surface area contributed by atoms with E-state index in [1.165, 1.54) is 19.2 Å². The van der Waals surface area contributed by atoms with Crippen LogP contribution in [0.1, 0.15) is 11.1 Å². The molecular formula is C19H16F3N3O2. The lowest BCUT2D eigenvalue weighted by Crippen LogP contribution is -2.15. The van der Waals surface area contributed by atoms with E-state index >= 15 is 0 Å². The molecule has 2 N–H and O–H groups in total. The number of hydrogen-bond acceptors (Lipinski definition) is 4. The Morgan fingerprint density at radius 2 is 1.96 bits per heavy atom. The van der Waals surface area contributed by atoms with Gasteiger partial charge in [-0.05, 0) is 42.8 Å². The third-order valence-corrected chi connectivity index (χ3v) is 3.54. The Bertz CT molecular complexity index is 915. The molecule has 0 radical (unpaired) electrons. The smallest absolute Gasteiger partial charge is 0.416 e. The standard InChI is InChI=1S/C19H16F3N3O2/c1-12-6-7-17(27-2)16(8-12)25-18(26)13(10-23)11-24-15-5-3-4-14(9-15)19(20,21)22/h3-9,11,24H,1-2H3,(H,25,26)/b13-11-. The van der Waals surface area contributed by atoms with Gasteiger partial charge in [-0.15, -0.1) is 0 Å². The number of halogens is 3. The fraction of sp³-hybridized carbons (Fsp3) is 0.158. The highest BCUT2D eigenvalue weighted by Crippen LogP contribution is 2.30. The van der Waals surface area contributed by atoms with Gasteiger partial charge in [0.15, 0.2) is 0 Å². The predicted molar refractivity (Wildman–Crippen MR) is 95.1 cm³/mol. The Kier molecular flexibility index (Phi) is 6.08. The van der Waals surface area contributed by atoms with Crippen LogP contribution in [0.4, 0.5) is 24.5 Å². The van der Waals surface area contributed by atoms with Gasteiger partial charge in [-0.3, -0.25) is 4.79 Å². The second-order valence-corrected chi connectivity index (χ2v) is 5.55. The van der Waals surface area contributed by atoms with E-state index in [0.717, 1.165) is 23.9 Å². The molecule has 0 saturated heterocycles. The van der Waals surface area contributed by atoms with E-state index in [-0.39, 0.29) is 11.3 Å². The minimum atomic E-state index is -4.49. The van der Waals surface area contributed by atoms with Crippen molar-refractivity contribution in [2.24, 2.45) is 0 Å². The lowest BCUT2D eigenvalue weighted by molar-refractivity contribution is -0.137. The first-order valence-corrected chi connectivity index (χ1v) is 7.74. The Hall–Kier alpha value is -3.47. The van der Waals surface area contributed by atoms with Crippen LogP contribution in [0.3, 0.4) is 0 Å². The van der Waals surface area contributed by atoms with Crippen molar-refractivity contribution < 1.29 is 22.7 Å². The molecule has 0 fully saturated rings. The number of ether oxygens (including phenoxy) is 1. The van der Waals surface area contributed by atoms with Gasteiger partial charge < -0.3 is 15.4 Å². The topological polar surface area (TPSA) is 74.1 Å². The number of carbonyl (C=O) groups excluding carboxylic acids is 1. The molecule has 8 heteroatoms. The summed E-state index contributed by atoms with van der Waals surface area (Å²) in [4.78, 5) is 12.3. The van der Waals surface area contributed by atoms with Crippen molar-refractivity contribution in [1.29, 1.82) is 5.26 Å². The zero-order valence-electron chi connectivity index (χ0n) is 14.5. The highest BCUT2D eigenvalue weighted by Gasteiger charge is 2.30. The Morgan fingerprint density at radius 3 is 2.59 bits per heavy atom. The van der Waals surface area contributed by atoms with Gasteiger partial charge in [-0.2, -0.15) is 18.4 Å². The summed E-state index contributed by atoms with van der Waals surface area (Å²) >= 11 is 0. The number of methoxy groups -OCH3 is 1. The molecule has 27 heavy (non-hydrogen) atoms. The van der Waals surface area contributed by atoms with E-state index in [0.29, 0.717) is 11.4 Å². The number of nitrogens with one attached hydrogen (secondary N) is 2. The summed E-state index contributed by atoms with van der Waals surface area (Å²) in [7, 11) is 1.44. The van der Waals surface area contributed by atoms with Crippen molar-refractivity contribution in [3.05, 3.63) is 65.4 Å². The Balaban J connectivity index is 2.18. The van der Waals surface area contributed by atoms with Crippen LogP contribution in [0.15, 0.2) is 54.2 Å². The van der Waals surface area contributed by atoms with Crippen molar-refractivity contribution >= 4 is 17.3 Å². The molecule has 0 aromatic heterocycles. The number of benzene rings is 2. The van der Waals surface area contributed by atoms with Crippen molar-refractivity contribution in [3.63, 3.8) is 0 Å². The largest absolute Gasteiger partial charge is 0.495 e. The normalized spacial score (nSPS) is 11.5. The van der Waals surface area contributed by atoms with E-state index in [4.69, 9.17) is 4.74 Å². The van der Waals surface area contributed by atoms with Crippen LogP contribution in [0.25, 0.3) is 0 Å². The van der Waals surface area contributed by atoms with Crippen molar-refractivity contribution in [2.45, 2.75) is 13.1 Å².